The molecule has 2 aromatic rings. The molecule has 126 valence electrons. The summed E-state index contributed by atoms with van der Waals surface area (Å²) in [6.45, 7) is 9.76. The van der Waals surface area contributed by atoms with Gasteiger partial charge in [0.1, 0.15) is 0 Å². The van der Waals surface area contributed by atoms with Crippen LogP contribution in [0.15, 0.2) is 36.4 Å². The zero-order valence-corrected chi connectivity index (χ0v) is 15.1. The molecule has 0 radical (unpaired) electrons. The van der Waals surface area contributed by atoms with Gasteiger partial charge in [-0.1, -0.05) is 30.3 Å². The zero-order valence-electron chi connectivity index (χ0n) is 15.1. The smallest absolute Gasteiger partial charge is 0.167 e. The van der Waals surface area contributed by atoms with E-state index in [1.165, 1.54) is 48.2 Å². The molecule has 0 aromatic heterocycles. The van der Waals surface area contributed by atoms with Crippen LogP contribution in [0, 0.1) is 20.8 Å². The fraction of sp³-hybridized carbons (Fsp3) is 0.409. The van der Waals surface area contributed by atoms with Crippen LogP contribution in [0.4, 0.5) is 0 Å². The number of hydrogen-bond acceptors (Lipinski definition) is 2. The number of aryl methyl sites for hydroxylation is 3. The van der Waals surface area contributed by atoms with Gasteiger partial charge in [-0.05, 0) is 80.6 Å². The SMILES string of the molecule is Cc1ccc(C(=O)Cc2ccc(CN3CCCC3)c(C)c2)cc1C. The monoisotopic (exact) mass is 321 g/mol. The Morgan fingerprint density at radius 2 is 1.67 bits per heavy atom. The van der Waals surface area contributed by atoms with Crippen LogP contribution in [0.25, 0.3) is 0 Å². The Morgan fingerprint density at radius 3 is 2.33 bits per heavy atom. The van der Waals surface area contributed by atoms with E-state index in [-0.39, 0.29) is 5.78 Å². The third kappa shape index (κ3) is 3.93. The summed E-state index contributed by atoms with van der Waals surface area (Å²) in [6, 6.07) is 12.5. The van der Waals surface area contributed by atoms with Gasteiger partial charge in [-0.15, -0.1) is 0 Å². The molecule has 0 amide bonds. The molecule has 2 heteroatoms. The summed E-state index contributed by atoms with van der Waals surface area (Å²) in [5.41, 5.74) is 7.02. The van der Waals surface area contributed by atoms with Gasteiger partial charge in [0.25, 0.3) is 0 Å². The Balaban J connectivity index is 1.69. The average molecular weight is 321 g/mol. The average Bonchev–Trinajstić information content (AvgIpc) is 3.05. The van der Waals surface area contributed by atoms with E-state index in [2.05, 4.69) is 43.9 Å². The number of carbonyl (C=O) groups is 1. The predicted octanol–water partition coefficient (Wildman–Crippen LogP) is 4.63. The van der Waals surface area contributed by atoms with Gasteiger partial charge in [-0.25, -0.2) is 0 Å². The molecule has 0 spiro atoms. The van der Waals surface area contributed by atoms with Crippen molar-refractivity contribution in [1.82, 2.24) is 4.90 Å². The summed E-state index contributed by atoms with van der Waals surface area (Å²) < 4.78 is 0. The number of likely N-dealkylation sites (tertiary alicyclic amines) is 1. The zero-order chi connectivity index (χ0) is 17.1. The summed E-state index contributed by atoms with van der Waals surface area (Å²) in [7, 11) is 0. The molecule has 2 nitrogen and oxygen atoms in total. The summed E-state index contributed by atoms with van der Waals surface area (Å²) >= 11 is 0. The Morgan fingerprint density at radius 1 is 0.917 bits per heavy atom. The maximum Gasteiger partial charge on any atom is 0.167 e. The fourth-order valence-corrected chi connectivity index (χ4v) is 3.43. The molecular formula is C22H27NO. The van der Waals surface area contributed by atoms with Crippen LogP contribution in [0.1, 0.15) is 51.0 Å². The van der Waals surface area contributed by atoms with Crippen LogP contribution in [-0.4, -0.2) is 23.8 Å². The molecule has 3 rings (SSSR count). The van der Waals surface area contributed by atoms with Gasteiger partial charge < -0.3 is 0 Å². The maximum absolute atomic E-state index is 12.5. The van der Waals surface area contributed by atoms with Gasteiger partial charge in [0.05, 0.1) is 0 Å². The molecule has 1 fully saturated rings. The van der Waals surface area contributed by atoms with Crippen LogP contribution >= 0.6 is 0 Å². The third-order valence-electron chi connectivity index (χ3n) is 5.19. The molecule has 1 aliphatic rings. The van der Waals surface area contributed by atoms with Crippen molar-refractivity contribution in [2.75, 3.05) is 13.1 Å². The molecule has 24 heavy (non-hydrogen) atoms. The van der Waals surface area contributed by atoms with Crippen LogP contribution in [0.2, 0.25) is 0 Å². The lowest BCUT2D eigenvalue weighted by Crippen LogP contribution is -2.19. The lowest BCUT2D eigenvalue weighted by atomic mass is 9.97. The summed E-state index contributed by atoms with van der Waals surface area (Å²) in [5, 5.41) is 0. The van der Waals surface area contributed by atoms with Crippen molar-refractivity contribution in [2.24, 2.45) is 0 Å². The van der Waals surface area contributed by atoms with Gasteiger partial charge in [-0.3, -0.25) is 9.69 Å². The Labute approximate surface area is 145 Å². The molecule has 0 aliphatic carbocycles. The van der Waals surface area contributed by atoms with Crippen molar-refractivity contribution in [3.8, 4) is 0 Å². The molecule has 1 saturated heterocycles. The summed E-state index contributed by atoms with van der Waals surface area (Å²) in [6.07, 6.45) is 3.12. The molecule has 2 aromatic carbocycles. The van der Waals surface area contributed by atoms with Crippen LogP contribution in [0.3, 0.4) is 0 Å². The normalized spacial score (nSPS) is 15.0. The Bertz CT molecular complexity index is 742. The molecular weight excluding hydrogens is 294 g/mol. The van der Waals surface area contributed by atoms with Crippen molar-refractivity contribution in [3.63, 3.8) is 0 Å². The highest BCUT2D eigenvalue weighted by molar-refractivity contribution is 5.97. The highest BCUT2D eigenvalue weighted by atomic mass is 16.1. The number of nitrogens with zero attached hydrogens (tertiary/aromatic N) is 1. The Hall–Kier alpha value is -1.93. The molecule has 0 N–H and O–H groups in total. The molecule has 1 heterocycles. The lowest BCUT2D eigenvalue weighted by molar-refractivity contribution is 0.0993. The van der Waals surface area contributed by atoms with E-state index in [1.54, 1.807) is 0 Å². The fourth-order valence-electron chi connectivity index (χ4n) is 3.43. The standard InChI is InChI=1S/C22H27NO/c1-16-6-8-20(13-17(16)2)22(24)14-19-7-9-21(18(3)12-19)15-23-10-4-5-11-23/h6-9,12-13H,4-5,10-11,14-15H2,1-3H3. The number of carbonyl (C=O) groups excluding carboxylic acids is 1. The molecule has 0 saturated carbocycles. The van der Waals surface area contributed by atoms with E-state index in [0.717, 1.165) is 17.7 Å². The molecule has 0 unspecified atom stereocenters. The van der Waals surface area contributed by atoms with E-state index in [0.29, 0.717) is 6.42 Å². The summed E-state index contributed by atoms with van der Waals surface area (Å²) in [4.78, 5) is 15.1. The van der Waals surface area contributed by atoms with Gasteiger partial charge in [-0.2, -0.15) is 0 Å². The largest absolute Gasteiger partial charge is 0.299 e. The first-order chi connectivity index (χ1) is 11.5. The van der Waals surface area contributed by atoms with E-state index >= 15 is 0 Å². The first-order valence-electron chi connectivity index (χ1n) is 8.94. The Kier molecular flexibility index (Phi) is 5.15. The van der Waals surface area contributed by atoms with Crippen molar-refractivity contribution < 1.29 is 4.79 Å². The van der Waals surface area contributed by atoms with Crippen molar-refractivity contribution in [2.45, 2.75) is 46.6 Å². The third-order valence-corrected chi connectivity index (χ3v) is 5.19. The van der Waals surface area contributed by atoms with Gasteiger partial charge >= 0.3 is 0 Å². The highest BCUT2D eigenvalue weighted by Gasteiger charge is 2.14. The summed E-state index contributed by atoms with van der Waals surface area (Å²) in [5.74, 6) is 0.199. The van der Waals surface area contributed by atoms with E-state index < -0.39 is 0 Å². The second-order valence-electron chi connectivity index (χ2n) is 7.14. The van der Waals surface area contributed by atoms with Crippen molar-refractivity contribution in [1.29, 1.82) is 0 Å². The van der Waals surface area contributed by atoms with Gasteiger partial charge in [0.2, 0.25) is 0 Å². The first kappa shape index (κ1) is 16.9. The van der Waals surface area contributed by atoms with E-state index in [4.69, 9.17) is 0 Å². The quantitative estimate of drug-likeness (QED) is 0.748. The second kappa shape index (κ2) is 7.31. The predicted molar refractivity (Wildman–Crippen MR) is 99.6 cm³/mol. The molecule has 0 atom stereocenters. The van der Waals surface area contributed by atoms with E-state index in [1.807, 2.05) is 18.2 Å². The van der Waals surface area contributed by atoms with Gasteiger partial charge in [0, 0.05) is 18.5 Å². The highest BCUT2D eigenvalue weighted by Crippen LogP contribution is 2.19. The minimum absolute atomic E-state index is 0.199. The van der Waals surface area contributed by atoms with Crippen LogP contribution in [-0.2, 0) is 13.0 Å². The first-order valence-corrected chi connectivity index (χ1v) is 8.94. The van der Waals surface area contributed by atoms with Crippen molar-refractivity contribution >= 4 is 5.78 Å². The number of Topliss-reactive ketones (excluding diaryl/α,β-unsaturated/α-hetero) is 1. The van der Waals surface area contributed by atoms with Crippen LogP contribution in [0.5, 0.6) is 0 Å². The van der Waals surface area contributed by atoms with E-state index in [9.17, 15) is 4.79 Å². The second-order valence-corrected chi connectivity index (χ2v) is 7.14. The van der Waals surface area contributed by atoms with Crippen molar-refractivity contribution in [3.05, 3.63) is 69.8 Å². The number of ketones is 1. The topological polar surface area (TPSA) is 20.3 Å². The maximum atomic E-state index is 12.5. The van der Waals surface area contributed by atoms with Crippen LogP contribution < -0.4 is 0 Å². The number of benzene rings is 2. The number of rotatable bonds is 5. The lowest BCUT2D eigenvalue weighted by Gasteiger charge is -2.17. The van der Waals surface area contributed by atoms with Gasteiger partial charge in [0.15, 0.2) is 5.78 Å². The minimum atomic E-state index is 0.199. The molecule has 0 bridgehead atoms. The number of hydrogen-bond donors (Lipinski definition) is 0. The minimum Gasteiger partial charge on any atom is -0.299 e. The molecule has 1 aliphatic heterocycles.